The molecule has 0 spiro atoms. The van der Waals surface area contributed by atoms with Crippen LogP contribution in [-0.4, -0.2) is 105 Å². The van der Waals surface area contributed by atoms with Crippen molar-refractivity contribution in [2.45, 2.75) is 145 Å². The first-order valence-corrected chi connectivity index (χ1v) is 21.2. The first-order chi connectivity index (χ1) is 27.3. The molecule has 10 nitrogen and oxygen atoms in total. The van der Waals surface area contributed by atoms with Gasteiger partial charge in [-0.3, -0.25) is 9.59 Å². The Morgan fingerprint density at radius 2 is 1.05 bits per heavy atom. The molecule has 8 rings (SSSR count). The number of halogens is 5. The van der Waals surface area contributed by atoms with Gasteiger partial charge >= 0.3 is 18.2 Å². The lowest BCUT2D eigenvalue weighted by Gasteiger charge is -2.48. The van der Waals surface area contributed by atoms with Crippen LogP contribution in [0.4, 0.5) is 18.0 Å². The fraction of sp³-hybridized carbons (Fsp3) is 0.628. The average Bonchev–Trinajstić information content (AvgIpc) is 3.98. The standard InChI is InChI=1S/C23H31ClN2O3.C18H23ClN2O.C2HF3O2/c1-22(2,3)19-14-18(10-13-25(19)21(28)29)26(17-8-9-17)20(27)23(11-12-23)15-4-6-16(24)7-5-15;19-14-3-1-13(2-4-14)18(9-10-18)17(22)21(15-5-6-15)16-7-11-20-12-8-16;3-2(4,5)1(6)7/h4-7,17-19H,8-14H2,1-3H3,(H,28,29);1-4,15-16,20H,5-12H2;(H,6,7). The van der Waals surface area contributed by atoms with E-state index < -0.39 is 23.7 Å². The number of carbonyl (C=O) groups excluding carboxylic acids is 2. The maximum Gasteiger partial charge on any atom is 0.490 e. The summed E-state index contributed by atoms with van der Waals surface area (Å²) in [6.45, 7) is 8.84. The lowest BCUT2D eigenvalue weighted by Crippen LogP contribution is -2.58. The van der Waals surface area contributed by atoms with Gasteiger partial charge in [-0.1, -0.05) is 68.2 Å². The third kappa shape index (κ3) is 10.1. The van der Waals surface area contributed by atoms with Crippen molar-refractivity contribution in [1.82, 2.24) is 20.0 Å². The Balaban J connectivity index is 0.000000172. The van der Waals surface area contributed by atoms with Gasteiger partial charge in [-0.2, -0.15) is 13.2 Å². The largest absolute Gasteiger partial charge is 0.490 e. The second-order valence-corrected chi connectivity index (χ2v) is 18.8. The van der Waals surface area contributed by atoms with Gasteiger partial charge in [0.1, 0.15) is 0 Å². The Hall–Kier alpha value is -3.55. The van der Waals surface area contributed by atoms with Gasteiger partial charge in [-0.05, 0) is 131 Å². The highest BCUT2D eigenvalue weighted by atomic mass is 35.5. The van der Waals surface area contributed by atoms with Crippen LogP contribution in [0.1, 0.15) is 109 Å². The highest BCUT2D eigenvalue weighted by Crippen LogP contribution is 2.53. The van der Waals surface area contributed by atoms with Gasteiger partial charge in [0.15, 0.2) is 0 Å². The number of aliphatic carboxylic acids is 1. The topological polar surface area (TPSA) is 130 Å². The van der Waals surface area contributed by atoms with Crippen molar-refractivity contribution in [2.75, 3.05) is 19.6 Å². The molecule has 2 unspecified atom stereocenters. The third-order valence-corrected chi connectivity index (χ3v) is 13.1. The molecule has 58 heavy (non-hydrogen) atoms. The second kappa shape index (κ2) is 17.2. The van der Waals surface area contributed by atoms with Gasteiger partial charge in [-0.15, -0.1) is 0 Å². The zero-order valence-electron chi connectivity index (χ0n) is 33.4. The first-order valence-electron chi connectivity index (χ1n) is 20.5. The molecule has 2 heterocycles. The lowest BCUT2D eigenvalue weighted by molar-refractivity contribution is -0.192. The molecule has 2 aromatic carbocycles. The summed E-state index contributed by atoms with van der Waals surface area (Å²) in [7, 11) is 0. The maximum absolute atomic E-state index is 13.8. The van der Waals surface area contributed by atoms with Crippen molar-refractivity contribution in [3.8, 4) is 0 Å². The summed E-state index contributed by atoms with van der Waals surface area (Å²) in [5.41, 5.74) is 1.39. The van der Waals surface area contributed by atoms with Crippen molar-refractivity contribution >= 4 is 47.1 Å². The van der Waals surface area contributed by atoms with Crippen LogP contribution in [-0.2, 0) is 25.2 Å². The van der Waals surface area contributed by atoms with Crippen molar-refractivity contribution in [3.63, 3.8) is 0 Å². The quantitative estimate of drug-likeness (QED) is 0.243. The van der Waals surface area contributed by atoms with Crippen LogP contribution >= 0.6 is 23.2 Å². The molecule has 6 fully saturated rings. The Morgan fingerprint density at radius 3 is 1.38 bits per heavy atom. The molecule has 0 aromatic heterocycles. The van der Waals surface area contributed by atoms with Crippen LogP contribution in [0.15, 0.2) is 48.5 Å². The maximum atomic E-state index is 13.8. The summed E-state index contributed by atoms with van der Waals surface area (Å²) < 4.78 is 31.7. The zero-order chi connectivity index (χ0) is 42.2. The molecule has 3 amide bonds. The number of hydrogen-bond acceptors (Lipinski definition) is 5. The van der Waals surface area contributed by atoms with E-state index >= 15 is 0 Å². The highest BCUT2D eigenvalue weighted by Gasteiger charge is 2.58. The molecular formula is C43H55Cl2F3N4O6. The molecular weight excluding hydrogens is 796 g/mol. The summed E-state index contributed by atoms with van der Waals surface area (Å²) in [6, 6.07) is 16.9. The van der Waals surface area contributed by atoms with E-state index in [0.717, 1.165) is 93.4 Å². The normalized spacial score (nSPS) is 23.6. The number of amides is 3. The van der Waals surface area contributed by atoms with Crippen LogP contribution in [0, 0.1) is 5.41 Å². The van der Waals surface area contributed by atoms with Crippen LogP contribution in [0.5, 0.6) is 0 Å². The molecule has 2 aliphatic heterocycles. The fourth-order valence-corrected chi connectivity index (χ4v) is 9.09. The molecule has 318 valence electrons. The number of nitrogens with one attached hydrogen (secondary N) is 1. The van der Waals surface area contributed by atoms with Crippen LogP contribution in [0.2, 0.25) is 10.0 Å². The van der Waals surface area contributed by atoms with Crippen molar-refractivity contribution < 1.29 is 42.6 Å². The molecule has 0 bridgehead atoms. The fourth-order valence-electron chi connectivity index (χ4n) is 8.83. The van der Waals surface area contributed by atoms with Gasteiger partial charge < -0.3 is 30.2 Å². The van der Waals surface area contributed by atoms with E-state index in [9.17, 15) is 32.7 Å². The summed E-state index contributed by atoms with van der Waals surface area (Å²) >= 11 is 12.1. The van der Waals surface area contributed by atoms with Gasteiger partial charge in [0.2, 0.25) is 11.8 Å². The van der Waals surface area contributed by atoms with Crippen molar-refractivity contribution in [3.05, 3.63) is 69.7 Å². The number of likely N-dealkylation sites (tertiary alicyclic amines) is 1. The molecule has 2 atom stereocenters. The number of benzene rings is 2. The number of alkyl halides is 3. The van der Waals surface area contributed by atoms with Gasteiger partial charge in [0.25, 0.3) is 0 Å². The lowest BCUT2D eigenvalue weighted by atomic mass is 9.78. The summed E-state index contributed by atoms with van der Waals surface area (Å²) in [5.74, 6) is -2.14. The molecule has 2 aromatic rings. The molecule has 0 radical (unpaired) electrons. The number of piperidine rings is 2. The van der Waals surface area contributed by atoms with Crippen LogP contribution in [0.3, 0.4) is 0 Å². The monoisotopic (exact) mass is 850 g/mol. The van der Waals surface area contributed by atoms with Crippen LogP contribution < -0.4 is 5.32 Å². The number of carboxylic acid groups (broad SMARTS) is 2. The first kappa shape index (κ1) is 44.0. The number of hydrogen-bond donors (Lipinski definition) is 3. The molecule has 15 heteroatoms. The summed E-state index contributed by atoms with van der Waals surface area (Å²) in [4.78, 5) is 53.9. The smallest absolute Gasteiger partial charge is 0.475 e. The molecule has 3 N–H and O–H groups in total. The van der Waals surface area contributed by atoms with Gasteiger partial charge in [-0.25, -0.2) is 9.59 Å². The second-order valence-electron chi connectivity index (χ2n) is 17.9. The number of carboxylic acids is 1. The minimum atomic E-state index is -5.08. The van der Waals surface area contributed by atoms with E-state index in [1.54, 1.807) is 4.90 Å². The predicted octanol–water partition coefficient (Wildman–Crippen LogP) is 8.67. The Morgan fingerprint density at radius 1 is 0.672 bits per heavy atom. The van der Waals surface area contributed by atoms with Crippen molar-refractivity contribution in [1.29, 1.82) is 0 Å². The minimum Gasteiger partial charge on any atom is -0.475 e. The Bertz CT molecular complexity index is 1800. The van der Waals surface area contributed by atoms with E-state index in [-0.39, 0.29) is 28.8 Å². The van der Waals surface area contributed by atoms with Gasteiger partial charge in [0, 0.05) is 46.8 Å². The average molecular weight is 852 g/mol. The zero-order valence-corrected chi connectivity index (χ0v) is 34.9. The van der Waals surface area contributed by atoms with E-state index in [1.165, 1.54) is 12.8 Å². The van der Waals surface area contributed by atoms with E-state index in [0.29, 0.717) is 35.6 Å². The summed E-state index contributed by atoms with van der Waals surface area (Å²) in [6.07, 6.45) is 5.92. The van der Waals surface area contributed by atoms with Gasteiger partial charge in [0.05, 0.1) is 10.8 Å². The Kier molecular flexibility index (Phi) is 13.1. The third-order valence-electron chi connectivity index (χ3n) is 12.6. The van der Waals surface area contributed by atoms with Crippen LogP contribution in [0.25, 0.3) is 0 Å². The van der Waals surface area contributed by atoms with E-state index in [2.05, 4.69) is 35.9 Å². The molecule has 4 saturated carbocycles. The highest BCUT2D eigenvalue weighted by molar-refractivity contribution is 6.30. The van der Waals surface area contributed by atoms with Crippen molar-refractivity contribution in [2.24, 2.45) is 5.41 Å². The molecule has 4 aliphatic carbocycles. The Labute approximate surface area is 348 Å². The number of rotatable bonds is 8. The molecule has 6 aliphatic rings. The predicted molar refractivity (Wildman–Crippen MR) is 215 cm³/mol. The van der Waals surface area contributed by atoms with E-state index in [1.807, 2.05) is 48.5 Å². The molecule has 2 saturated heterocycles. The number of carbonyl (C=O) groups is 4. The number of nitrogens with zero attached hydrogens (tertiary/aromatic N) is 3. The SMILES string of the molecule is CC(C)(C)C1CC(N(C(=O)C2(c3ccc(Cl)cc3)CC2)C2CC2)CCN1C(=O)O.O=C(N(C1CCNCC1)C1CC1)C1(c2ccc(Cl)cc2)CC1.O=C(O)C(F)(F)F. The summed E-state index contributed by atoms with van der Waals surface area (Å²) in [5, 5.41) is 21.6. The minimum absolute atomic E-state index is 0.0847. The van der Waals surface area contributed by atoms with E-state index in [4.69, 9.17) is 33.1 Å².